The summed E-state index contributed by atoms with van der Waals surface area (Å²) in [5, 5.41) is 10.9. The molecule has 0 unspecified atom stereocenters. The Balaban J connectivity index is 2.07. The maximum absolute atomic E-state index is 12.7. The van der Waals surface area contributed by atoms with Crippen LogP contribution in [-0.4, -0.2) is 22.8 Å². The van der Waals surface area contributed by atoms with Crippen LogP contribution in [0.15, 0.2) is 29.5 Å². The molecule has 128 valence electrons. The Morgan fingerprint density at radius 1 is 1.25 bits per heavy atom. The number of aliphatic hydroxyl groups excluding tert-OH is 1. The van der Waals surface area contributed by atoms with Crippen LogP contribution in [-0.2, 0) is 9.59 Å². The van der Waals surface area contributed by atoms with E-state index in [4.69, 9.17) is 11.6 Å². The Morgan fingerprint density at radius 2 is 1.92 bits per heavy atom. The van der Waals surface area contributed by atoms with E-state index in [9.17, 15) is 14.7 Å². The van der Waals surface area contributed by atoms with Crippen LogP contribution in [0.2, 0.25) is 5.02 Å². The SMILES string of the molecule is CC(=O)C1=C(O)C(=O)N(c2ccc(C)c(Cl)c2)[C@H]1C1CCCCC1. The highest BCUT2D eigenvalue weighted by Crippen LogP contribution is 2.40. The van der Waals surface area contributed by atoms with Crippen molar-refractivity contribution >= 4 is 29.0 Å². The standard InChI is InChI=1S/C19H22ClNO3/c1-11-8-9-14(10-15(11)20)21-17(13-6-4-3-5-7-13)16(12(2)22)18(23)19(21)24/h8-10,13,17,23H,3-7H2,1-2H3/t17-/m0/s1. The molecule has 1 aliphatic carbocycles. The number of hydrogen-bond donors (Lipinski definition) is 1. The van der Waals surface area contributed by atoms with Crippen molar-refractivity contribution in [3.05, 3.63) is 40.1 Å². The van der Waals surface area contributed by atoms with Crippen LogP contribution in [0.25, 0.3) is 0 Å². The molecule has 1 heterocycles. The molecule has 0 spiro atoms. The van der Waals surface area contributed by atoms with Gasteiger partial charge in [-0.3, -0.25) is 14.5 Å². The van der Waals surface area contributed by atoms with E-state index in [1.807, 2.05) is 19.1 Å². The summed E-state index contributed by atoms with van der Waals surface area (Å²) < 4.78 is 0. The second-order valence-corrected chi connectivity index (χ2v) is 7.18. The van der Waals surface area contributed by atoms with Crippen molar-refractivity contribution < 1.29 is 14.7 Å². The first-order valence-electron chi connectivity index (χ1n) is 8.45. The lowest BCUT2D eigenvalue weighted by molar-refractivity contribution is -0.117. The molecule has 24 heavy (non-hydrogen) atoms. The van der Waals surface area contributed by atoms with Crippen LogP contribution in [0, 0.1) is 12.8 Å². The minimum absolute atomic E-state index is 0.186. The summed E-state index contributed by atoms with van der Waals surface area (Å²) in [5.41, 5.74) is 1.81. The molecule has 0 saturated heterocycles. The molecule has 1 atom stereocenters. The number of halogens is 1. The molecule has 1 amide bonds. The molecule has 0 bridgehead atoms. The van der Waals surface area contributed by atoms with Crippen LogP contribution in [0.4, 0.5) is 5.69 Å². The second-order valence-electron chi connectivity index (χ2n) is 6.77. The van der Waals surface area contributed by atoms with Gasteiger partial charge in [-0.1, -0.05) is 36.9 Å². The average Bonchev–Trinajstić information content (AvgIpc) is 2.83. The fourth-order valence-electron chi connectivity index (χ4n) is 3.91. The molecule has 5 heteroatoms. The summed E-state index contributed by atoms with van der Waals surface area (Å²) in [6.45, 7) is 3.31. The van der Waals surface area contributed by atoms with Gasteiger partial charge in [0.15, 0.2) is 11.5 Å². The summed E-state index contributed by atoms with van der Waals surface area (Å²) in [4.78, 5) is 26.4. The third kappa shape index (κ3) is 2.84. The van der Waals surface area contributed by atoms with Gasteiger partial charge in [0.1, 0.15) is 0 Å². The van der Waals surface area contributed by atoms with Crippen molar-refractivity contribution in [3.8, 4) is 0 Å². The lowest BCUT2D eigenvalue weighted by Gasteiger charge is -2.35. The van der Waals surface area contributed by atoms with Crippen molar-refractivity contribution in [2.24, 2.45) is 5.92 Å². The summed E-state index contributed by atoms with van der Waals surface area (Å²) in [6.07, 6.45) is 5.27. The van der Waals surface area contributed by atoms with Crippen molar-refractivity contribution in [3.63, 3.8) is 0 Å². The molecule has 4 nitrogen and oxygen atoms in total. The maximum atomic E-state index is 12.7. The van der Waals surface area contributed by atoms with E-state index in [2.05, 4.69) is 0 Å². The molecule has 1 aromatic carbocycles. The van der Waals surface area contributed by atoms with Crippen LogP contribution in [0.1, 0.15) is 44.6 Å². The van der Waals surface area contributed by atoms with Gasteiger partial charge in [-0.2, -0.15) is 0 Å². The van der Waals surface area contributed by atoms with E-state index in [0.29, 0.717) is 10.7 Å². The van der Waals surface area contributed by atoms with Crippen LogP contribution >= 0.6 is 11.6 Å². The number of aryl methyl sites for hydroxylation is 1. The molecule has 2 aliphatic rings. The van der Waals surface area contributed by atoms with Gasteiger partial charge in [0, 0.05) is 10.7 Å². The smallest absolute Gasteiger partial charge is 0.294 e. The third-order valence-corrected chi connectivity index (χ3v) is 5.57. The first-order valence-corrected chi connectivity index (χ1v) is 8.83. The molecule has 0 radical (unpaired) electrons. The summed E-state index contributed by atoms with van der Waals surface area (Å²) in [7, 11) is 0. The van der Waals surface area contributed by atoms with E-state index < -0.39 is 17.7 Å². The summed E-state index contributed by atoms with van der Waals surface area (Å²) in [6, 6.07) is 5.02. The number of benzene rings is 1. The number of Topliss-reactive ketones (excluding diaryl/α,β-unsaturated/α-hetero) is 1. The summed E-state index contributed by atoms with van der Waals surface area (Å²) in [5.74, 6) is -0.964. The van der Waals surface area contributed by atoms with Gasteiger partial charge >= 0.3 is 0 Å². The van der Waals surface area contributed by atoms with E-state index in [1.165, 1.54) is 13.3 Å². The first-order chi connectivity index (χ1) is 11.4. The van der Waals surface area contributed by atoms with Gasteiger partial charge in [-0.25, -0.2) is 0 Å². The average molecular weight is 348 g/mol. The van der Waals surface area contributed by atoms with E-state index in [-0.39, 0.29) is 17.3 Å². The number of carbonyl (C=O) groups is 2. The minimum Gasteiger partial charge on any atom is -0.503 e. The molecule has 1 N–H and O–H groups in total. The molecule has 1 aliphatic heterocycles. The number of anilines is 1. The van der Waals surface area contributed by atoms with Crippen LogP contribution in [0.3, 0.4) is 0 Å². The monoisotopic (exact) mass is 347 g/mol. The first kappa shape index (κ1) is 17.0. The predicted molar refractivity (Wildman–Crippen MR) is 94.4 cm³/mol. The van der Waals surface area contributed by atoms with E-state index in [0.717, 1.165) is 31.2 Å². The largest absolute Gasteiger partial charge is 0.503 e. The number of carbonyl (C=O) groups excluding carboxylic acids is 2. The second kappa shape index (κ2) is 6.60. The van der Waals surface area contributed by atoms with Gasteiger partial charge < -0.3 is 5.11 Å². The van der Waals surface area contributed by atoms with Gasteiger partial charge in [0.2, 0.25) is 0 Å². The van der Waals surface area contributed by atoms with Crippen molar-refractivity contribution in [1.82, 2.24) is 0 Å². The maximum Gasteiger partial charge on any atom is 0.294 e. The lowest BCUT2D eigenvalue weighted by atomic mass is 9.80. The third-order valence-electron chi connectivity index (χ3n) is 5.16. The fourth-order valence-corrected chi connectivity index (χ4v) is 4.08. The number of rotatable bonds is 3. The minimum atomic E-state index is -0.504. The zero-order valence-corrected chi connectivity index (χ0v) is 14.8. The Kier molecular flexibility index (Phi) is 4.68. The topological polar surface area (TPSA) is 57.6 Å². The Labute approximate surface area is 147 Å². The van der Waals surface area contributed by atoms with Crippen LogP contribution < -0.4 is 4.90 Å². The highest BCUT2D eigenvalue weighted by molar-refractivity contribution is 6.31. The normalized spacial score (nSPS) is 22.4. The number of aliphatic hydroxyl groups is 1. The zero-order valence-electron chi connectivity index (χ0n) is 14.0. The molecule has 1 fully saturated rings. The van der Waals surface area contributed by atoms with Gasteiger partial charge in [0.25, 0.3) is 5.91 Å². The Hall–Kier alpha value is -1.81. The number of hydrogen-bond acceptors (Lipinski definition) is 3. The van der Waals surface area contributed by atoms with E-state index >= 15 is 0 Å². The van der Waals surface area contributed by atoms with E-state index in [1.54, 1.807) is 11.0 Å². The number of ketones is 1. The zero-order chi connectivity index (χ0) is 17.4. The molecule has 1 aromatic rings. The molecular weight excluding hydrogens is 326 g/mol. The van der Waals surface area contributed by atoms with Crippen molar-refractivity contribution in [2.45, 2.75) is 52.0 Å². The predicted octanol–water partition coefficient (Wildman–Crippen LogP) is 4.35. The lowest BCUT2D eigenvalue weighted by Crippen LogP contribution is -2.42. The summed E-state index contributed by atoms with van der Waals surface area (Å²) >= 11 is 6.23. The molecule has 3 rings (SSSR count). The Morgan fingerprint density at radius 3 is 2.50 bits per heavy atom. The molecule has 0 aromatic heterocycles. The van der Waals surface area contributed by atoms with Crippen molar-refractivity contribution in [2.75, 3.05) is 4.90 Å². The Bertz CT molecular complexity index is 719. The fraction of sp³-hybridized carbons (Fsp3) is 0.474. The molecule has 1 saturated carbocycles. The van der Waals surface area contributed by atoms with Gasteiger partial charge in [-0.15, -0.1) is 0 Å². The number of amides is 1. The molecular formula is C19H22ClNO3. The van der Waals surface area contributed by atoms with Gasteiger partial charge in [-0.05, 0) is 50.3 Å². The highest BCUT2D eigenvalue weighted by atomic mass is 35.5. The number of nitrogens with zero attached hydrogens (tertiary/aromatic N) is 1. The van der Waals surface area contributed by atoms with Gasteiger partial charge in [0.05, 0.1) is 11.6 Å². The quantitative estimate of drug-likeness (QED) is 0.884. The van der Waals surface area contributed by atoms with Crippen molar-refractivity contribution in [1.29, 1.82) is 0 Å². The van der Waals surface area contributed by atoms with Crippen LogP contribution in [0.5, 0.6) is 0 Å². The highest BCUT2D eigenvalue weighted by Gasteiger charge is 2.46.